The Kier molecular flexibility index (Phi) is 4.60. The van der Waals surface area contributed by atoms with Gasteiger partial charge in [0.25, 0.3) is 5.69 Å². The molecule has 0 aromatic heterocycles. The van der Waals surface area contributed by atoms with Gasteiger partial charge in [0.2, 0.25) is 10.0 Å². The lowest BCUT2D eigenvalue weighted by molar-refractivity contribution is -0.387. The maximum atomic E-state index is 12.7. The van der Waals surface area contributed by atoms with E-state index in [1.165, 1.54) is 16.4 Å². The summed E-state index contributed by atoms with van der Waals surface area (Å²) in [5.41, 5.74) is 0.0494. The third-order valence-corrected chi connectivity index (χ3v) is 5.79. The van der Waals surface area contributed by atoms with Crippen LogP contribution in [0.25, 0.3) is 0 Å². The number of hydrogen-bond donors (Lipinski definition) is 1. The van der Waals surface area contributed by atoms with Crippen molar-refractivity contribution in [2.75, 3.05) is 26.7 Å². The van der Waals surface area contributed by atoms with Crippen molar-refractivity contribution in [1.29, 1.82) is 0 Å². The number of nitro benzene ring substituents is 1. The molecule has 1 aliphatic heterocycles. The van der Waals surface area contributed by atoms with Crippen molar-refractivity contribution in [3.05, 3.63) is 33.9 Å². The van der Waals surface area contributed by atoms with E-state index >= 15 is 0 Å². The van der Waals surface area contributed by atoms with E-state index in [-0.39, 0.29) is 16.5 Å². The van der Waals surface area contributed by atoms with E-state index in [1.807, 2.05) is 7.05 Å². The Labute approximate surface area is 124 Å². The Morgan fingerprint density at radius 3 is 2.81 bits per heavy atom. The molecule has 0 spiro atoms. The number of nitrogens with one attached hydrogen (secondary N) is 1. The highest BCUT2D eigenvalue weighted by Crippen LogP contribution is 2.32. The number of benzene rings is 1. The molecule has 1 unspecified atom stereocenters. The van der Waals surface area contributed by atoms with Crippen molar-refractivity contribution in [1.82, 2.24) is 9.62 Å². The third-order valence-electron chi connectivity index (χ3n) is 3.73. The molecule has 21 heavy (non-hydrogen) atoms. The number of aryl methyl sites for hydroxylation is 1. The van der Waals surface area contributed by atoms with Gasteiger partial charge in [-0.15, -0.1) is 0 Å². The first-order valence-corrected chi connectivity index (χ1v) is 8.20. The molecule has 116 valence electrons. The first kappa shape index (κ1) is 15.9. The minimum atomic E-state index is -3.83. The lowest BCUT2D eigenvalue weighted by Crippen LogP contribution is -2.31. The molecule has 7 nitrogen and oxygen atoms in total. The van der Waals surface area contributed by atoms with Gasteiger partial charge in [0, 0.05) is 19.2 Å². The van der Waals surface area contributed by atoms with Crippen LogP contribution in [-0.4, -0.2) is 44.3 Å². The molecule has 8 heteroatoms. The van der Waals surface area contributed by atoms with Gasteiger partial charge in [-0.1, -0.05) is 12.1 Å². The van der Waals surface area contributed by atoms with Crippen molar-refractivity contribution in [2.45, 2.75) is 18.2 Å². The molecule has 0 amide bonds. The Morgan fingerprint density at radius 2 is 2.19 bits per heavy atom. The summed E-state index contributed by atoms with van der Waals surface area (Å²) in [6, 6.07) is 4.32. The zero-order chi connectivity index (χ0) is 15.6. The first-order chi connectivity index (χ1) is 9.87. The van der Waals surface area contributed by atoms with Crippen molar-refractivity contribution >= 4 is 15.7 Å². The fraction of sp³-hybridized carbons (Fsp3) is 0.538. The number of hydrogen-bond acceptors (Lipinski definition) is 5. The Bertz CT molecular complexity index is 645. The fourth-order valence-electron chi connectivity index (χ4n) is 2.72. The second-order valence-electron chi connectivity index (χ2n) is 5.26. The topological polar surface area (TPSA) is 92.6 Å². The van der Waals surface area contributed by atoms with Crippen LogP contribution in [0, 0.1) is 23.0 Å². The molecule has 1 fully saturated rings. The minimum absolute atomic E-state index is 0.180. The van der Waals surface area contributed by atoms with Crippen LogP contribution in [0.15, 0.2) is 23.1 Å². The molecule has 1 aromatic rings. The van der Waals surface area contributed by atoms with E-state index in [0.717, 1.165) is 13.0 Å². The van der Waals surface area contributed by atoms with Gasteiger partial charge in [0.05, 0.1) is 4.92 Å². The summed E-state index contributed by atoms with van der Waals surface area (Å²) in [6.07, 6.45) is 0.764. The van der Waals surface area contributed by atoms with Gasteiger partial charge >= 0.3 is 0 Å². The SMILES string of the molecule is CNCC1CCN(S(=O)(=O)c2c(C)cccc2[N+](=O)[O-])C1. The predicted octanol–water partition coefficient (Wildman–Crippen LogP) is 1.13. The Balaban J connectivity index is 2.39. The molecule has 0 radical (unpaired) electrons. The minimum Gasteiger partial charge on any atom is -0.319 e. The summed E-state index contributed by atoms with van der Waals surface area (Å²) in [5, 5.41) is 14.1. The molecule has 1 heterocycles. The highest BCUT2D eigenvalue weighted by Gasteiger charge is 2.37. The number of rotatable bonds is 5. The maximum Gasteiger partial charge on any atom is 0.289 e. The van der Waals surface area contributed by atoms with E-state index in [0.29, 0.717) is 18.7 Å². The Morgan fingerprint density at radius 1 is 1.48 bits per heavy atom. The number of sulfonamides is 1. The second-order valence-corrected chi connectivity index (χ2v) is 7.13. The molecular formula is C13H19N3O4S. The van der Waals surface area contributed by atoms with Crippen molar-refractivity contribution in [2.24, 2.45) is 5.92 Å². The van der Waals surface area contributed by atoms with E-state index in [1.54, 1.807) is 13.0 Å². The lowest BCUT2D eigenvalue weighted by Gasteiger charge is -2.18. The largest absolute Gasteiger partial charge is 0.319 e. The van der Waals surface area contributed by atoms with E-state index < -0.39 is 14.9 Å². The standard InChI is InChI=1S/C13H19N3O4S/c1-10-4-3-5-12(16(17)18)13(10)21(19,20)15-7-6-11(9-15)8-14-2/h3-5,11,14H,6-9H2,1-2H3. The van der Waals surface area contributed by atoms with Gasteiger partial charge < -0.3 is 5.32 Å². The highest BCUT2D eigenvalue weighted by molar-refractivity contribution is 7.89. The summed E-state index contributed by atoms with van der Waals surface area (Å²) in [5.74, 6) is 0.243. The summed E-state index contributed by atoms with van der Waals surface area (Å²) in [6.45, 7) is 3.12. The van der Waals surface area contributed by atoms with Crippen LogP contribution in [0.5, 0.6) is 0 Å². The zero-order valence-corrected chi connectivity index (χ0v) is 12.9. The van der Waals surface area contributed by atoms with E-state index in [2.05, 4.69) is 5.32 Å². The van der Waals surface area contributed by atoms with Crippen LogP contribution in [-0.2, 0) is 10.0 Å². The van der Waals surface area contributed by atoms with Crippen LogP contribution in [0.4, 0.5) is 5.69 Å². The molecule has 0 saturated carbocycles. The van der Waals surface area contributed by atoms with Gasteiger partial charge in [0.1, 0.15) is 0 Å². The quantitative estimate of drug-likeness (QED) is 0.650. The normalized spacial score (nSPS) is 19.8. The van der Waals surface area contributed by atoms with Crippen LogP contribution >= 0.6 is 0 Å². The second kappa shape index (κ2) is 6.08. The summed E-state index contributed by atoms with van der Waals surface area (Å²) < 4.78 is 26.8. The Hall–Kier alpha value is -1.51. The summed E-state index contributed by atoms with van der Waals surface area (Å²) in [4.78, 5) is 10.3. The molecule has 1 atom stereocenters. The van der Waals surface area contributed by atoms with Crippen molar-refractivity contribution in [3.63, 3.8) is 0 Å². The lowest BCUT2D eigenvalue weighted by atomic mass is 10.1. The highest BCUT2D eigenvalue weighted by atomic mass is 32.2. The van der Waals surface area contributed by atoms with Crippen LogP contribution in [0.3, 0.4) is 0 Å². The van der Waals surface area contributed by atoms with Gasteiger partial charge in [-0.05, 0) is 38.4 Å². The number of nitrogens with zero attached hydrogens (tertiary/aromatic N) is 2. The molecule has 1 saturated heterocycles. The van der Waals surface area contributed by atoms with Crippen LogP contribution in [0.2, 0.25) is 0 Å². The predicted molar refractivity (Wildman–Crippen MR) is 78.6 cm³/mol. The van der Waals surface area contributed by atoms with Gasteiger partial charge in [-0.3, -0.25) is 10.1 Å². The molecule has 1 N–H and O–H groups in total. The van der Waals surface area contributed by atoms with E-state index in [9.17, 15) is 18.5 Å². The van der Waals surface area contributed by atoms with Crippen molar-refractivity contribution in [3.8, 4) is 0 Å². The number of nitro groups is 1. The van der Waals surface area contributed by atoms with Crippen molar-refractivity contribution < 1.29 is 13.3 Å². The molecule has 0 aliphatic carbocycles. The van der Waals surface area contributed by atoms with Crippen LogP contribution in [0.1, 0.15) is 12.0 Å². The van der Waals surface area contributed by atoms with Crippen LogP contribution < -0.4 is 5.32 Å². The average molecular weight is 313 g/mol. The summed E-state index contributed by atoms with van der Waals surface area (Å²) in [7, 11) is -2.01. The zero-order valence-electron chi connectivity index (χ0n) is 12.1. The maximum absolute atomic E-state index is 12.7. The first-order valence-electron chi connectivity index (χ1n) is 6.76. The molecular weight excluding hydrogens is 294 g/mol. The monoisotopic (exact) mass is 313 g/mol. The average Bonchev–Trinajstić information content (AvgIpc) is 2.88. The van der Waals surface area contributed by atoms with E-state index in [4.69, 9.17) is 0 Å². The molecule has 0 bridgehead atoms. The van der Waals surface area contributed by atoms with Gasteiger partial charge in [-0.25, -0.2) is 8.42 Å². The molecule has 2 rings (SSSR count). The van der Waals surface area contributed by atoms with Gasteiger partial charge in [-0.2, -0.15) is 4.31 Å². The molecule has 1 aliphatic rings. The van der Waals surface area contributed by atoms with Gasteiger partial charge in [0.15, 0.2) is 4.90 Å². The third kappa shape index (κ3) is 3.07. The summed E-state index contributed by atoms with van der Waals surface area (Å²) >= 11 is 0. The smallest absolute Gasteiger partial charge is 0.289 e. The molecule has 1 aromatic carbocycles. The fourth-order valence-corrected chi connectivity index (χ4v) is 4.61.